The number of sulfonamides is 1. The monoisotopic (exact) mass is 372 g/mol. The molecule has 1 saturated heterocycles. The lowest BCUT2D eigenvalue weighted by Crippen LogP contribution is -2.44. The molecular weight excluding hydrogens is 355 g/mol. The standard InChI is InChI=1S/C13H18Cl2N2O2S.ClH/c1-9(16)10-3-2-6-17(8-10)20(18,19)11-4-5-12(14)13(15)7-11;/h4-5,7,9-10H,2-3,6,8,16H2,1H3;1H. The molecule has 0 spiro atoms. The van der Waals surface area contributed by atoms with Crippen LogP contribution in [0, 0.1) is 5.92 Å². The molecule has 0 bridgehead atoms. The van der Waals surface area contributed by atoms with Crippen LogP contribution in [0.1, 0.15) is 19.8 Å². The van der Waals surface area contributed by atoms with Crippen LogP contribution >= 0.6 is 35.6 Å². The van der Waals surface area contributed by atoms with E-state index in [9.17, 15) is 8.42 Å². The summed E-state index contributed by atoms with van der Waals surface area (Å²) in [5.41, 5.74) is 5.90. The van der Waals surface area contributed by atoms with E-state index in [0.29, 0.717) is 18.1 Å². The van der Waals surface area contributed by atoms with Crippen molar-refractivity contribution in [2.75, 3.05) is 13.1 Å². The van der Waals surface area contributed by atoms with Gasteiger partial charge in [-0.3, -0.25) is 0 Å². The molecule has 2 rings (SSSR count). The van der Waals surface area contributed by atoms with Crippen molar-refractivity contribution in [3.8, 4) is 0 Å². The summed E-state index contributed by atoms with van der Waals surface area (Å²) >= 11 is 11.7. The van der Waals surface area contributed by atoms with Gasteiger partial charge in [0.05, 0.1) is 14.9 Å². The lowest BCUT2D eigenvalue weighted by atomic mass is 9.93. The predicted octanol–water partition coefficient (Wildman–Crippen LogP) is 3.16. The number of piperidine rings is 1. The summed E-state index contributed by atoms with van der Waals surface area (Å²) in [6.07, 6.45) is 1.79. The molecule has 2 unspecified atom stereocenters. The van der Waals surface area contributed by atoms with Gasteiger partial charge in [-0.25, -0.2) is 8.42 Å². The Bertz CT molecular complexity index is 593. The van der Waals surface area contributed by atoms with Crippen LogP contribution in [0.5, 0.6) is 0 Å². The van der Waals surface area contributed by atoms with Crippen molar-refractivity contribution >= 4 is 45.6 Å². The summed E-state index contributed by atoms with van der Waals surface area (Å²) in [6.45, 7) is 2.89. The van der Waals surface area contributed by atoms with Crippen LogP contribution in [0.2, 0.25) is 10.0 Å². The first-order valence-electron chi connectivity index (χ1n) is 6.53. The second-order valence-corrected chi connectivity index (χ2v) is 7.95. The van der Waals surface area contributed by atoms with Crippen molar-refractivity contribution < 1.29 is 8.42 Å². The van der Waals surface area contributed by atoms with Gasteiger partial charge in [0.2, 0.25) is 10.0 Å². The molecule has 120 valence electrons. The minimum absolute atomic E-state index is 0. The normalized spacial score (nSPS) is 21.6. The maximum Gasteiger partial charge on any atom is 0.243 e. The van der Waals surface area contributed by atoms with Gasteiger partial charge in [-0.15, -0.1) is 12.4 Å². The fraction of sp³-hybridized carbons (Fsp3) is 0.538. The van der Waals surface area contributed by atoms with Crippen LogP contribution in [0.4, 0.5) is 0 Å². The molecule has 1 aliphatic rings. The van der Waals surface area contributed by atoms with Crippen molar-refractivity contribution in [2.24, 2.45) is 11.7 Å². The Morgan fingerprint density at radius 2 is 2.00 bits per heavy atom. The Kier molecular flexibility index (Phi) is 6.78. The number of nitrogens with zero attached hydrogens (tertiary/aromatic N) is 1. The second-order valence-electron chi connectivity index (χ2n) is 5.20. The summed E-state index contributed by atoms with van der Waals surface area (Å²) in [5, 5.41) is 0.589. The minimum Gasteiger partial charge on any atom is -0.328 e. The largest absolute Gasteiger partial charge is 0.328 e. The first-order valence-corrected chi connectivity index (χ1v) is 8.72. The molecule has 2 N–H and O–H groups in total. The Labute approximate surface area is 142 Å². The van der Waals surface area contributed by atoms with E-state index in [4.69, 9.17) is 28.9 Å². The molecular formula is C13H19Cl3N2O2S. The number of halogens is 3. The molecule has 1 heterocycles. The van der Waals surface area contributed by atoms with Crippen molar-refractivity contribution in [1.82, 2.24) is 4.31 Å². The summed E-state index contributed by atoms with van der Waals surface area (Å²) in [5.74, 6) is 0.196. The maximum absolute atomic E-state index is 12.6. The molecule has 21 heavy (non-hydrogen) atoms. The summed E-state index contributed by atoms with van der Waals surface area (Å²) < 4.78 is 26.7. The fourth-order valence-electron chi connectivity index (χ4n) is 2.41. The van der Waals surface area contributed by atoms with E-state index in [1.165, 1.54) is 22.5 Å². The molecule has 1 aliphatic heterocycles. The highest BCUT2D eigenvalue weighted by atomic mass is 35.5. The molecule has 8 heteroatoms. The third-order valence-corrected chi connectivity index (χ3v) is 6.29. The van der Waals surface area contributed by atoms with Gasteiger partial charge in [0.1, 0.15) is 0 Å². The van der Waals surface area contributed by atoms with Crippen molar-refractivity contribution in [3.05, 3.63) is 28.2 Å². The van der Waals surface area contributed by atoms with E-state index in [1.54, 1.807) is 0 Å². The Morgan fingerprint density at radius 1 is 1.33 bits per heavy atom. The SMILES string of the molecule is CC(N)C1CCCN(S(=O)(=O)c2ccc(Cl)c(Cl)c2)C1.Cl. The van der Waals surface area contributed by atoms with Gasteiger partial charge in [0.15, 0.2) is 0 Å². The van der Waals surface area contributed by atoms with Gasteiger partial charge in [0, 0.05) is 19.1 Å². The third kappa shape index (κ3) is 4.24. The molecule has 0 saturated carbocycles. The zero-order chi connectivity index (χ0) is 14.9. The topological polar surface area (TPSA) is 63.4 Å². The van der Waals surface area contributed by atoms with Gasteiger partial charge in [-0.1, -0.05) is 23.2 Å². The number of hydrogen-bond donors (Lipinski definition) is 1. The third-order valence-electron chi connectivity index (χ3n) is 3.69. The highest BCUT2D eigenvalue weighted by Crippen LogP contribution is 2.29. The number of nitrogens with two attached hydrogens (primary N) is 1. The molecule has 0 aliphatic carbocycles. The van der Waals surface area contributed by atoms with Gasteiger partial charge in [-0.2, -0.15) is 4.31 Å². The first-order chi connectivity index (χ1) is 9.32. The van der Waals surface area contributed by atoms with Crippen LogP contribution in [0.3, 0.4) is 0 Å². The van der Waals surface area contributed by atoms with Gasteiger partial charge in [-0.05, 0) is 43.9 Å². The number of rotatable bonds is 3. The molecule has 0 aromatic heterocycles. The average Bonchev–Trinajstić information content (AvgIpc) is 2.42. The molecule has 0 radical (unpaired) electrons. The van der Waals surface area contributed by atoms with Crippen molar-refractivity contribution in [3.63, 3.8) is 0 Å². The second kappa shape index (κ2) is 7.49. The van der Waals surface area contributed by atoms with E-state index >= 15 is 0 Å². The quantitative estimate of drug-likeness (QED) is 0.885. The zero-order valence-electron chi connectivity index (χ0n) is 11.6. The van der Waals surface area contributed by atoms with Crippen LogP contribution < -0.4 is 5.73 Å². The highest BCUT2D eigenvalue weighted by molar-refractivity contribution is 7.89. The smallest absolute Gasteiger partial charge is 0.243 e. The Hall–Kier alpha value is -0.0400. The van der Waals surface area contributed by atoms with Crippen LogP contribution in [-0.2, 0) is 10.0 Å². The minimum atomic E-state index is -3.53. The summed E-state index contributed by atoms with van der Waals surface area (Å²) in [7, 11) is -3.53. The summed E-state index contributed by atoms with van der Waals surface area (Å²) in [6, 6.07) is 4.37. The zero-order valence-corrected chi connectivity index (χ0v) is 14.8. The highest BCUT2D eigenvalue weighted by Gasteiger charge is 2.31. The maximum atomic E-state index is 12.6. The molecule has 2 atom stereocenters. The van der Waals surface area contributed by atoms with E-state index in [-0.39, 0.29) is 34.3 Å². The van der Waals surface area contributed by atoms with E-state index in [1.807, 2.05) is 6.92 Å². The van der Waals surface area contributed by atoms with Gasteiger partial charge < -0.3 is 5.73 Å². The molecule has 1 aromatic rings. The van der Waals surface area contributed by atoms with Crippen LogP contribution in [0.15, 0.2) is 23.1 Å². The molecule has 1 fully saturated rings. The lowest BCUT2D eigenvalue weighted by Gasteiger charge is -2.33. The Balaban J connectivity index is 0.00000220. The van der Waals surface area contributed by atoms with Crippen LogP contribution in [-0.4, -0.2) is 31.9 Å². The summed E-state index contributed by atoms with van der Waals surface area (Å²) in [4.78, 5) is 0.178. The van der Waals surface area contributed by atoms with Crippen molar-refractivity contribution in [2.45, 2.75) is 30.7 Å². The number of hydrogen-bond acceptors (Lipinski definition) is 3. The Morgan fingerprint density at radius 3 is 2.57 bits per heavy atom. The van der Waals surface area contributed by atoms with E-state index in [0.717, 1.165) is 12.8 Å². The fourth-order valence-corrected chi connectivity index (χ4v) is 4.33. The van der Waals surface area contributed by atoms with Gasteiger partial charge in [0.25, 0.3) is 0 Å². The average molecular weight is 374 g/mol. The van der Waals surface area contributed by atoms with Gasteiger partial charge >= 0.3 is 0 Å². The van der Waals surface area contributed by atoms with Crippen LogP contribution in [0.25, 0.3) is 0 Å². The number of benzene rings is 1. The molecule has 1 aromatic carbocycles. The van der Waals surface area contributed by atoms with Crippen molar-refractivity contribution in [1.29, 1.82) is 0 Å². The lowest BCUT2D eigenvalue weighted by molar-refractivity contribution is 0.243. The first kappa shape index (κ1) is 19.0. The molecule has 4 nitrogen and oxygen atoms in total. The predicted molar refractivity (Wildman–Crippen MR) is 88.8 cm³/mol. The van der Waals surface area contributed by atoms with E-state index in [2.05, 4.69) is 0 Å². The molecule has 0 amide bonds. The van der Waals surface area contributed by atoms with E-state index < -0.39 is 10.0 Å².